The van der Waals surface area contributed by atoms with E-state index in [4.69, 9.17) is 27.4 Å². The third-order valence-corrected chi connectivity index (χ3v) is 5.21. The van der Waals surface area contributed by atoms with Gasteiger partial charge in [0.2, 0.25) is 11.7 Å². The highest BCUT2D eigenvalue weighted by atomic mass is 32.2. The highest BCUT2D eigenvalue weighted by Crippen LogP contribution is 2.40. The number of primary amides is 1. The Morgan fingerprint density at radius 3 is 2.36 bits per heavy atom. The Bertz CT molecular complexity index is 844. The van der Waals surface area contributed by atoms with Gasteiger partial charge in [0.15, 0.2) is 11.5 Å². The Labute approximate surface area is 170 Å². The van der Waals surface area contributed by atoms with E-state index in [-0.39, 0.29) is 39.3 Å². The number of ether oxygens (including phenoxy) is 2. The van der Waals surface area contributed by atoms with Crippen LogP contribution in [0.4, 0.5) is 0 Å². The quantitative estimate of drug-likeness (QED) is 0.415. The Kier molecular flexibility index (Phi) is 6.86. The number of hydrogen-bond acceptors (Lipinski definition) is 8. The van der Waals surface area contributed by atoms with Crippen LogP contribution in [0.3, 0.4) is 0 Å². The smallest absolute Gasteiger partial charge is 0.326 e. The van der Waals surface area contributed by atoms with Crippen molar-refractivity contribution in [1.82, 2.24) is 4.90 Å². The molecule has 1 heterocycles. The fourth-order valence-electron chi connectivity index (χ4n) is 2.54. The van der Waals surface area contributed by atoms with Crippen molar-refractivity contribution in [3.8, 4) is 17.2 Å². The van der Waals surface area contributed by atoms with Gasteiger partial charge < -0.3 is 25.4 Å². The van der Waals surface area contributed by atoms with Gasteiger partial charge in [0.25, 0.3) is 5.91 Å². The number of nitrogens with two attached hydrogens (primary N) is 1. The maximum Gasteiger partial charge on any atom is 0.326 e. The molecule has 1 aromatic rings. The van der Waals surface area contributed by atoms with E-state index in [9.17, 15) is 24.6 Å². The van der Waals surface area contributed by atoms with Crippen molar-refractivity contribution < 1.29 is 34.1 Å². The lowest BCUT2D eigenvalue weighted by Gasteiger charge is -2.22. The molecule has 1 aliphatic heterocycles. The molecule has 2 amide bonds. The van der Waals surface area contributed by atoms with Crippen LogP contribution in [0, 0.1) is 0 Å². The van der Waals surface area contributed by atoms with Gasteiger partial charge in [0, 0.05) is 6.42 Å². The minimum atomic E-state index is -1.30. The van der Waals surface area contributed by atoms with Gasteiger partial charge in [-0.15, -0.1) is 0 Å². The number of aliphatic carboxylic acids is 1. The first-order valence-corrected chi connectivity index (χ1v) is 9.15. The topological polar surface area (TPSA) is 139 Å². The monoisotopic (exact) mass is 426 g/mol. The lowest BCUT2D eigenvalue weighted by atomic mass is 10.1. The summed E-state index contributed by atoms with van der Waals surface area (Å²) >= 11 is 6.10. The van der Waals surface area contributed by atoms with E-state index in [1.165, 1.54) is 32.4 Å². The molecule has 0 spiro atoms. The van der Waals surface area contributed by atoms with Crippen LogP contribution < -0.4 is 15.2 Å². The highest BCUT2D eigenvalue weighted by Gasteiger charge is 2.40. The van der Waals surface area contributed by atoms with Crippen molar-refractivity contribution in [3.05, 3.63) is 22.6 Å². The average molecular weight is 426 g/mol. The molecule has 150 valence electrons. The summed E-state index contributed by atoms with van der Waals surface area (Å²) in [7, 11) is 2.74. The second kappa shape index (κ2) is 8.93. The van der Waals surface area contributed by atoms with Crippen LogP contribution in [0.15, 0.2) is 17.0 Å². The normalized spacial score (nSPS) is 16.4. The number of thiocarbonyl (C=S) groups is 1. The van der Waals surface area contributed by atoms with Crippen LogP contribution in [0.25, 0.3) is 6.08 Å². The lowest BCUT2D eigenvalue weighted by molar-refractivity contribution is -0.145. The molecule has 9 nitrogen and oxygen atoms in total. The third-order valence-electron chi connectivity index (χ3n) is 3.88. The molecule has 1 aromatic carbocycles. The van der Waals surface area contributed by atoms with Gasteiger partial charge in [-0.2, -0.15) is 0 Å². The molecule has 1 saturated heterocycles. The molecule has 0 aliphatic carbocycles. The fourth-order valence-corrected chi connectivity index (χ4v) is 3.90. The summed E-state index contributed by atoms with van der Waals surface area (Å²) in [5, 5.41) is 19.4. The minimum absolute atomic E-state index is 0.0610. The molecule has 1 aliphatic rings. The van der Waals surface area contributed by atoms with Crippen LogP contribution >= 0.6 is 24.0 Å². The van der Waals surface area contributed by atoms with Gasteiger partial charge in [-0.3, -0.25) is 14.5 Å². The Morgan fingerprint density at radius 1 is 1.32 bits per heavy atom. The summed E-state index contributed by atoms with van der Waals surface area (Å²) in [4.78, 5) is 36.4. The summed E-state index contributed by atoms with van der Waals surface area (Å²) in [6, 6.07) is 1.69. The number of carboxylic acid groups (broad SMARTS) is 1. The number of hydrogen-bond donors (Lipinski definition) is 3. The second-order valence-corrected chi connectivity index (χ2v) is 7.36. The number of nitrogens with zero attached hydrogens (tertiary/aromatic N) is 1. The molecule has 1 atom stereocenters. The van der Waals surface area contributed by atoms with Crippen LogP contribution in [0.2, 0.25) is 0 Å². The van der Waals surface area contributed by atoms with Crippen molar-refractivity contribution in [2.24, 2.45) is 5.73 Å². The molecule has 1 fully saturated rings. The molecule has 0 bridgehead atoms. The molecule has 4 N–H and O–H groups in total. The van der Waals surface area contributed by atoms with Crippen molar-refractivity contribution >= 4 is 52.2 Å². The minimum Gasteiger partial charge on any atom is -0.502 e. The van der Waals surface area contributed by atoms with Crippen molar-refractivity contribution in [2.45, 2.75) is 18.9 Å². The van der Waals surface area contributed by atoms with Crippen LogP contribution in [-0.2, 0) is 14.4 Å². The molecular formula is C17H18N2O7S2. The van der Waals surface area contributed by atoms with Gasteiger partial charge in [0.1, 0.15) is 10.4 Å². The number of phenols is 1. The van der Waals surface area contributed by atoms with Gasteiger partial charge >= 0.3 is 5.97 Å². The van der Waals surface area contributed by atoms with Crippen LogP contribution in [0.1, 0.15) is 18.4 Å². The van der Waals surface area contributed by atoms with Crippen molar-refractivity contribution in [3.63, 3.8) is 0 Å². The summed E-state index contributed by atoms with van der Waals surface area (Å²) < 4.78 is 10.2. The molecule has 0 aromatic heterocycles. The first-order chi connectivity index (χ1) is 13.2. The number of amides is 2. The van der Waals surface area contributed by atoms with Crippen molar-refractivity contribution in [1.29, 1.82) is 0 Å². The molecule has 1 unspecified atom stereocenters. The van der Waals surface area contributed by atoms with Crippen molar-refractivity contribution in [2.75, 3.05) is 14.2 Å². The molecule has 28 heavy (non-hydrogen) atoms. The van der Waals surface area contributed by atoms with Gasteiger partial charge in [-0.25, -0.2) is 4.79 Å². The average Bonchev–Trinajstić information content (AvgIpc) is 2.90. The zero-order chi connectivity index (χ0) is 21.0. The van der Waals surface area contributed by atoms with E-state index in [1.54, 1.807) is 0 Å². The van der Waals surface area contributed by atoms with Crippen LogP contribution in [0.5, 0.6) is 17.2 Å². The fraction of sp³-hybridized carbons (Fsp3) is 0.294. The number of phenolic OH excluding ortho intramolecular Hbond substituents is 1. The number of benzene rings is 1. The largest absolute Gasteiger partial charge is 0.502 e. The van der Waals surface area contributed by atoms with E-state index in [1.807, 2.05) is 0 Å². The molecule has 0 saturated carbocycles. The molecule has 0 radical (unpaired) electrons. The number of thioether (sulfide) groups is 1. The zero-order valence-electron chi connectivity index (χ0n) is 15.0. The van der Waals surface area contributed by atoms with E-state index >= 15 is 0 Å². The predicted molar refractivity (Wildman–Crippen MR) is 106 cm³/mol. The Morgan fingerprint density at radius 2 is 1.89 bits per heavy atom. The summed E-state index contributed by atoms with van der Waals surface area (Å²) in [6.07, 6.45) is 1.14. The number of carbonyl (C=O) groups is 3. The molecule has 2 rings (SSSR count). The van der Waals surface area contributed by atoms with E-state index in [0.29, 0.717) is 5.56 Å². The number of rotatable bonds is 8. The summed E-state index contributed by atoms with van der Waals surface area (Å²) in [5.41, 5.74) is 5.56. The summed E-state index contributed by atoms with van der Waals surface area (Å²) in [5.74, 6) is -2.45. The molecular weight excluding hydrogens is 408 g/mol. The first-order valence-electron chi connectivity index (χ1n) is 7.92. The number of carboxylic acids is 1. The summed E-state index contributed by atoms with van der Waals surface area (Å²) in [6.45, 7) is 0. The Balaban J connectivity index is 2.36. The zero-order valence-corrected chi connectivity index (χ0v) is 16.6. The van der Waals surface area contributed by atoms with E-state index in [0.717, 1.165) is 16.7 Å². The lowest BCUT2D eigenvalue weighted by Crippen LogP contribution is -2.44. The standard InChI is InChI=1S/C17H18N2O7S2/c1-25-10-5-8(6-11(26-2)14(10)21)7-12-15(22)19(17(27)28-12)9(16(23)24)3-4-13(18)20/h5-7,9,21H,3-4H2,1-2H3,(H2,18,20)(H,23,24)/b12-7-. The van der Waals surface area contributed by atoms with E-state index in [2.05, 4.69) is 0 Å². The number of aromatic hydroxyl groups is 1. The highest BCUT2D eigenvalue weighted by molar-refractivity contribution is 8.26. The van der Waals surface area contributed by atoms with Gasteiger partial charge in [0.05, 0.1) is 19.1 Å². The first kappa shape index (κ1) is 21.5. The SMILES string of the molecule is COc1cc(/C=C2\SC(=S)N(C(CCC(N)=O)C(=O)O)C2=O)cc(OC)c1O. The maximum atomic E-state index is 12.7. The van der Waals surface area contributed by atoms with Crippen LogP contribution in [-0.4, -0.2) is 57.5 Å². The van der Waals surface area contributed by atoms with Gasteiger partial charge in [-0.1, -0.05) is 24.0 Å². The number of methoxy groups -OCH3 is 2. The maximum absolute atomic E-state index is 12.7. The second-order valence-electron chi connectivity index (χ2n) is 5.68. The number of carbonyl (C=O) groups excluding carboxylic acids is 2. The Hall–Kier alpha value is -2.79. The van der Waals surface area contributed by atoms with E-state index < -0.39 is 23.8 Å². The third kappa shape index (κ3) is 4.54. The predicted octanol–water partition coefficient (Wildman–Crippen LogP) is 1.33. The molecule has 11 heteroatoms. The van der Waals surface area contributed by atoms with Gasteiger partial charge in [-0.05, 0) is 30.2 Å².